The van der Waals surface area contributed by atoms with Crippen molar-refractivity contribution < 1.29 is 23.7 Å². The molecule has 0 saturated carbocycles. The van der Waals surface area contributed by atoms with Crippen molar-refractivity contribution >= 4 is 12.0 Å². The number of nitrogens with one attached hydrogen (secondary N) is 2. The maximum atomic E-state index is 12.5. The van der Waals surface area contributed by atoms with Crippen LogP contribution >= 0.6 is 0 Å². The van der Waals surface area contributed by atoms with Gasteiger partial charge in [-0.15, -0.1) is 0 Å². The van der Waals surface area contributed by atoms with Gasteiger partial charge in [-0.1, -0.05) is 19.6 Å². The second-order valence-corrected chi connectivity index (χ2v) is 6.25. The van der Waals surface area contributed by atoms with Crippen molar-refractivity contribution in [3.05, 3.63) is 35.7 Å². The fourth-order valence-electron chi connectivity index (χ4n) is 3.27. The van der Waals surface area contributed by atoms with Gasteiger partial charge in [-0.2, -0.15) is 0 Å². The molecule has 0 saturated heterocycles. The summed E-state index contributed by atoms with van der Waals surface area (Å²) in [5, 5.41) is 3.37. The lowest BCUT2D eigenvalue weighted by atomic mass is 9.98. The summed E-state index contributed by atoms with van der Waals surface area (Å²) in [7, 11) is 4.70. The molecule has 0 bridgehead atoms. The highest BCUT2D eigenvalue weighted by molar-refractivity contribution is 5.98. The summed E-state index contributed by atoms with van der Waals surface area (Å²) in [4.78, 5) is 15.8. The highest BCUT2D eigenvalue weighted by Gasteiger charge is 2.26. The van der Waals surface area contributed by atoms with Crippen molar-refractivity contribution in [3.8, 4) is 28.4 Å². The molecule has 158 valence electrons. The first-order valence-electron chi connectivity index (χ1n) is 9.62. The molecule has 0 aliphatic heterocycles. The number of carbonyl (C=O) groups excluding carboxylic acids is 1. The Labute approximate surface area is 172 Å². The van der Waals surface area contributed by atoms with E-state index in [1.165, 1.54) is 0 Å². The van der Waals surface area contributed by atoms with Crippen LogP contribution in [0.3, 0.4) is 0 Å². The number of hydrogen-bond acceptors (Lipinski definition) is 6. The van der Waals surface area contributed by atoms with Crippen molar-refractivity contribution in [2.45, 2.75) is 26.8 Å². The Morgan fingerprint density at radius 1 is 1.14 bits per heavy atom. The Hall–Kier alpha value is -2.93. The van der Waals surface area contributed by atoms with Crippen LogP contribution in [0.5, 0.6) is 17.2 Å². The number of ether oxygens (including phenoxy) is 4. The summed E-state index contributed by atoms with van der Waals surface area (Å²) in [6.07, 6.45) is 2.65. The standard InChI is InChI=1S/C22H30N2O5/c1-7-12-23-13-16-18(14(8-2)19(24-16)22(25)29-9-3)15-10-11-17(26-4)21(28-6)20(15)27-5/h8,10-11,23-24H,2,7,9,12-13H2,1,3-6H3. The van der Waals surface area contributed by atoms with E-state index in [-0.39, 0.29) is 6.61 Å². The minimum absolute atomic E-state index is 0.285. The SMILES string of the molecule is C=Cc1c(C(=O)OCC)[nH]c(CNCCC)c1-c1ccc(OC)c(OC)c1OC. The molecule has 7 heteroatoms. The third-order valence-corrected chi connectivity index (χ3v) is 4.50. The molecular formula is C22H30N2O5. The van der Waals surface area contributed by atoms with Crippen molar-refractivity contribution in [2.75, 3.05) is 34.5 Å². The van der Waals surface area contributed by atoms with Crippen LogP contribution in [-0.2, 0) is 11.3 Å². The zero-order valence-electron chi connectivity index (χ0n) is 17.8. The van der Waals surface area contributed by atoms with Crippen LogP contribution in [0.2, 0.25) is 0 Å². The maximum Gasteiger partial charge on any atom is 0.355 e. The molecule has 0 fully saturated rings. The second kappa shape index (κ2) is 10.6. The Morgan fingerprint density at radius 2 is 1.86 bits per heavy atom. The van der Waals surface area contributed by atoms with Crippen molar-refractivity contribution in [1.82, 2.24) is 10.3 Å². The lowest BCUT2D eigenvalue weighted by molar-refractivity contribution is 0.0520. The van der Waals surface area contributed by atoms with Crippen LogP contribution in [0.15, 0.2) is 18.7 Å². The molecule has 2 aromatic rings. The molecule has 1 aromatic carbocycles. The summed E-state index contributed by atoms with van der Waals surface area (Å²) in [6.45, 7) is 9.46. The second-order valence-electron chi connectivity index (χ2n) is 6.25. The lowest BCUT2D eigenvalue weighted by Crippen LogP contribution is -2.15. The van der Waals surface area contributed by atoms with E-state index in [0.717, 1.165) is 29.8 Å². The van der Waals surface area contributed by atoms with Gasteiger partial charge >= 0.3 is 5.97 Å². The molecule has 7 nitrogen and oxygen atoms in total. The van der Waals surface area contributed by atoms with Crippen molar-refractivity contribution in [3.63, 3.8) is 0 Å². The number of methoxy groups -OCH3 is 3. The van der Waals surface area contributed by atoms with Crippen LogP contribution < -0.4 is 19.5 Å². The number of benzene rings is 1. The number of esters is 1. The van der Waals surface area contributed by atoms with Gasteiger partial charge in [0.05, 0.1) is 27.9 Å². The van der Waals surface area contributed by atoms with Gasteiger partial charge in [0.15, 0.2) is 11.5 Å². The molecule has 0 unspecified atom stereocenters. The molecule has 1 heterocycles. The monoisotopic (exact) mass is 402 g/mol. The molecule has 2 N–H and O–H groups in total. The van der Waals surface area contributed by atoms with Gasteiger partial charge in [0.25, 0.3) is 0 Å². The van der Waals surface area contributed by atoms with E-state index in [9.17, 15) is 4.79 Å². The number of carbonyl (C=O) groups is 1. The summed E-state index contributed by atoms with van der Waals surface area (Å²) in [5.41, 5.74) is 3.43. The smallest absolute Gasteiger partial charge is 0.355 e. The van der Waals surface area contributed by atoms with Gasteiger partial charge in [-0.25, -0.2) is 4.79 Å². The van der Waals surface area contributed by atoms with Gasteiger partial charge in [0, 0.05) is 28.9 Å². The minimum Gasteiger partial charge on any atom is -0.493 e. The average molecular weight is 402 g/mol. The molecule has 0 atom stereocenters. The predicted octanol–water partition coefficient (Wildman–Crippen LogP) is 4.03. The number of hydrogen-bond donors (Lipinski definition) is 2. The van der Waals surface area contributed by atoms with Crippen LogP contribution in [0, 0.1) is 0 Å². The topological polar surface area (TPSA) is 81.8 Å². The molecule has 0 spiro atoms. The van der Waals surface area contributed by atoms with Gasteiger partial charge in [-0.3, -0.25) is 0 Å². The number of aromatic nitrogens is 1. The fraction of sp³-hybridized carbons (Fsp3) is 0.409. The third kappa shape index (κ3) is 4.56. The zero-order valence-corrected chi connectivity index (χ0v) is 17.8. The molecule has 0 radical (unpaired) electrons. The van der Waals surface area contributed by atoms with E-state index in [1.807, 2.05) is 12.1 Å². The molecule has 0 aliphatic rings. The van der Waals surface area contributed by atoms with Crippen LogP contribution in [-0.4, -0.2) is 45.4 Å². The van der Waals surface area contributed by atoms with Gasteiger partial charge in [-0.05, 0) is 32.0 Å². The van der Waals surface area contributed by atoms with Crippen molar-refractivity contribution in [2.24, 2.45) is 0 Å². The van der Waals surface area contributed by atoms with E-state index < -0.39 is 5.97 Å². The summed E-state index contributed by atoms with van der Waals surface area (Å²) in [5.74, 6) is 1.12. The Morgan fingerprint density at radius 3 is 2.41 bits per heavy atom. The zero-order chi connectivity index (χ0) is 21.4. The third-order valence-electron chi connectivity index (χ3n) is 4.50. The summed E-state index contributed by atoms with van der Waals surface area (Å²) < 4.78 is 21.8. The highest BCUT2D eigenvalue weighted by Crippen LogP contribution is 2.46. The minimum atomic E-state index is -0.426. The number of rotatable bonds is 11. The molecule has 1 aromatic heterocycles. The Kier molecular flexibility index (Phi) is 8.15. The molecule has 29 heavy (non-hydrogen) atoms. The Balaban J connectivity index is 2.75. The first-order valence-corrected chi connectivity index (χ1v) is 9.62. The molecule has 0 amide bonds. The first kappa shape index (κ1) is 22.4. The van der Waals surface area contributed by atoms with Gasteiger partial charge < -0.3 is 29.2 Å². The normalized spacial score (nSPS) is 10.5. The van der Waals surface area contributed by atoms with Crippen LogP contribution in [0.1, 0.15) is 42.0 Å². The predicted molar refractivity (Wildman–Crippen MR) is 114 cm³/mol. The fourth-order valence-corrected chi connectivity index (χ4v) is 3.27. The number of H-pyrrole nitrogens is 1. The van der Waals surface area contributed by atoms with E-state index in [4.69, 9.17) is 18.9 Å². The molecule has 0 aliphatic carbocycles. The van der Waals surface area contributed by atoms with Crippen molar-refractivity contribution in [1.29, 1.82) is 0 Å². The van der Waals surface area contributed by atoms with E-state index in [0.29, 0.717) is 35.1 Å². The van der Waals surface area contributed by atoms with Crippen LogP contribution in [0.25, 0.3) is 17.2 Å². The highest BCUT2D eigenvalue weighted by atomic mass is 16.5. The summed E-state index contributed by atoms with van der Waals surface area (Å²) in [6, 6.07) is 3.69. The van der Waals surface area contributed by atoms with Gasteiger partial charge in [0.1, 0.15) is 5.69 Å². The largest absolute Gasteiger partial charge is 0.493 e. The quantitative estimate of drug-likeness (QED) is 0.436. The van der Waals surface area contributed by atoms with Crippen LogP contribution in [0.4, 0.5) is 0 Å². The lowest BCUT2D eigenvalue weighted by Gasteiger charge is -2.17. The molecule has 2 rings (SSSR count). The Bertz CT molecular complexity index is 857. The molecular weight excluding hydrogens is 372 g/mol. The van der Waals surface area contributed by atoms with E-state index in [2.05, 4.69) is 23.8 Å². The summed E-state index contributed by atoms with van der Waals surface area (Å²) >= 11 is 0. The maximum absolute atomic E-state index is 12.5. The van der Waals surface area contributed by atoms with E-state index in [1.54, 1.807) is 34.3 Å². The van der Waals surface area contributed by atoms with Gasteiger partial charge in [0.2, 0.25) is 5.75 Å². The first-order chi connectivity index (χ1) is 14.1. The van der Waals surface area contributed by atoms with E-state index >= 15 is 0 Å². The average Bonchev–Trinajstić information content (AvgIpc) is 3.11. The number of aromatic amines is 1.